The molecular weight excluding hydrogens is 913 g/mol. The fourth-order valence-electron chi connectivity index (χ4n) is 10.2. The number of carbonyl (C=O) groups excluding carboxylic acids is 3. The Labute approximate surface area is 462 Å². The zero-order valence-electron chi connectivity index (χ0n) is 50.1. The van der Waals surface area contributed by atoms with Gasteiger partial charge in [0, 0.05) is 19.3 Å². The molecule has 0 aromatic carbocycles. The van der Waals surface area contributed by atoms with Crippen LogP contribution in [0.4, 0.5) is 0 Å². The zero-order valence-corrected chi connectivity index (χ0v) is 50.1. The molecular formula is C68H128O6. The number of carbonyl (C=O) groups is 3. The van der Waals surface area contributed by atoms with Crippen molar-refractivity contribution in [1.29, 1.82) is 0 Å². The van der Waals surface area contributed by atoms with E-state index in [1.807, 2.05) is 0 Å². The SMILES string of the molecule is CCCCCC/C=C\C/C=C\CCCCCCCCCC(=O)OC(COC(=O)CCCCCCCCCCCCCCCCCCC)COC(=O)CCCCCCCCCCCCCCCCCCCCCCC. The molecule has 0 aliphatic rings. The summed E-state index contributed by atoms with van der Waals surface area (Å²) in [5.41, 5.74) is 0. The van der Waals surface area contributed by atoms with Gasteiger partial charge in [-0.2, -0.15) is 0 Å². The molecule has 0 spiro atoms. The predicted octanol–water partition coefficient (Wildman–Crippen LogP) is 22.6. The molecule has 6 heteroatoms. The fourth-order valence-corrected chi connectivity index (χ4v) is 10.2. The van der Waals surface area contributed by atoms with Crippen molar-refractivity contribution >= 4 is 17.9 Å². The van der Waals surface area contributed by atoms with E-state index in [1.54, 1.807) is 0 Å². The van der Waals surface area contributed by atoms with Crippen LogP contribution in [0, 0.1) is 0 Å². The van der Waals surface area contributed by atoms with Crippen molar-refractivity contribution < 1.29 is 28.6 Å². The van der Waals surface area contributed by atoms with Crippen LogP contribution in [0.3, 0.4) is 0 Å². The highest BCUT2D eigenvalue weighted by Crippen LogP contribution is 2.18. The number of hydrogen-bond donors (Lipinski definition) is 0. The van der Waals surface area contributed by atoms with Crippen LogP contribution in [0.2, 0.25) is 0 Å². The van der Waals surface area contributed by atoms with E-state index < -0.39 is 6.10 Å². The number of hydrogen-bond acceptors (Lipinski definition) is 6. The van der Waals surface area contributed by atoms with E-state index in [-0.39, 0.29) is 31.1 Å². The third kappa shape index (κ3) is 60.8. The van der Waals surface area contributed by atoms with Gasteiger partial charge in [-0.15, -0.1) is 0 Å². The first-order valence-corrected chi connectivity index (χ1v) is 33.3. The van der Waals surface area contributed by atoms with Gasteiger partial charge in [0.05, 0.1) is 0 Å². The summed E-state index contributed by atoms with van der Waals surface area (Å²) in [4.78, 5) is 38.4. The summed E-state index contributed by atoms with van der Waals surface area (Å²) in [6.45, 7) is 6.70. The second kappa shape index (κ2) is 63.4. The molecule has 0 radical (unpaired) electrons. The molecule has 0 aliphatic carbocycles. The standard InChI is InChI=1S/C68H128O6/c1-4-7-10-13-16-19-22-25-28-31-33-34-35-38-40-43-46-49-52-55-58-61-67(70)73-64-65(63-72-66(69)60-57-54-51-48-45-42-39-36-30-27-24-21-18-15-12-9-6-3)74-68(71)62-59-56-53-50-47-44-41-37-32-29-26-23-20-17-14-11-8-5-2/h20,23,29,32,65H,4-19,21-22,24-28,30-31,33-64H2,1-3H3/b23-20-,32-29-. The highest BCUT2D eigenvalue weighted by Gasteiger charge is 2.19. The average molecular weight is 1040 g/mol. The van der Waals surface area contributed by atoms with E-state index in [0.717, 1.165) is 70.6 Å². The lowest BCUT2D eigenvalue weighted by atomic mass is 10.0. The van der Waals surface area contributed by atoms with Crippen LogP contribution in [-0.4, -0.2) is 37.2 Å². The van der Waals surface area contributed by atoms with Crippen LogP contribution in [0.25, 0.3) is 0 Å². The van der Waals surface area contributed by atoms with Crippen molar-refractivity contribution in [3.8, 4) is 0 Å². The van der Waals surface area contributed by atoms with Crippen molar-refractivity contribution in [3.05, 3.63) is 24.3 Å². The van der Waals surface area contributed by atoms with Gasteiger partial charge >= 0.3 is 17.9 Å². The molecule has 0 N–H and O–H groups in total. The average Bonchev–Trinajstić information content (AvgIpc) is 3.40. The molecule has 0 fully saturated rings. The molecule has 74 heavy (non-hydrogen) atoms. The molecule has 0 aromatic heterocycles. The minimum atomic E-state index is -0.772. The lowest BCUT2D eigenvalue weighted by molar-refractivity contribution is -0.167. The van der Waals surface area contributed by atoms with Gasteiger partial charge in [0.25, 0.3) is 0 Å². The number of unbranched alkanes of at least 4 members (excludes halogenated alkanes) is 47. The monoisotopic (exact) mass is 1040 g/mol. The van der Waals surface area contributed by atoms with Crippen molar-refractivity contribution in [1.82, 2.24) is 0 Å². The quantitative estimate of drug-likeness (QED) is 0.0261. The van der Waals surface area contributed by atoms with Crippen molar-refractivity contribution in [2.24, 2.45) is 0 Å². The Morgan fingerprint density at radius 3 is 0.757 bits per heavy atom. The maximum Gasteiger partial charge on any atom is 0.306 e. The Morgan fingerprint density at radius 1 is 0.270 bits per heavy atom. The molecule has 436 valence electrons. The summed E-state index contributed by atoms with van der Waals surface area (Å²) in [6.07, 6.45) is 76.1. The molecule has 0 saturated carbocycles. The lowest BCUT2D eigenvalue weighted by Crippen LogP contribution is -2.30. The van der Waals surface area contributed by atoms with Crippen molar-refractivity contribution in [3.63, 3.8) is 0 Å². The summed E-state index contributed by atoms with van der Waals surface area (Å²) in [6, 6.07) is 0. The Balaban J connectivity index is 4.30. The largest absolute Gasteiger partial charge is 0.462 e. The van der Waals surface area contributed by atoms with Gasteiger partial charge in [0.15, 0.2) is 6.10 Å². The van der Waals surface area contributed by atoms with Gasteiger partial charge in [-0.05, 0) is 51.4 Å². The van der Waals surface area contributed by atoms with Gasteiger partial charge in [-0.1, -0.05) is 328 Å². The minimum absolute atomic E-state index is 0.0682. The minimum Gasteiger partial charge on any atom is -0.462 e. The van der Waals surface area contributed by atoms with Gasteiger partial charge in [0.1, 0.15) is 13.2 Å². The highest BCUT2D eigenvalue weighted by atomic mass is 16.6. The van der Waals surface area contributed by atoms with E-state index >= 15 is 0 Å². The number of esters is 3. The molecule has 0 rings (SSSR count). The Hall–Kier alpha value is -2.11. The Bertz CT molecular complexity index is 1190. The first-order chi connectivity index (χ1) is 36.5. The van der Waals surface area contributed by atoms with E-state index in [9.17, 15) is 14.4 Å². The van der Waals surface area contributed by atoms with Crippen LogP contribution >= 0.6 is 0 Å². The second-order valence-electron chi connectivity index (χ2n) is 22.7. The van der Waals surface area contributed by atoms with E-state index in [0.29, 0.717) is 19.3 Å². The number of rotatable bonds is 62. The van der Waals surface area contributed by atoms with Crippen molar-refractivity contribution in [2.75, 3.05) is 13.2 Å². The Kier molecular flexibility index (Phi) is 61.6. The van der Waals surface area contributed by atoms with E-state index in [1.165, 1.54) is 263 Å². The topological polar surface area (TPSA) is 78.9 Å². The molecule has 0 aromatic rings. The van der Waals surface area contributed by atoms with Crippen molar-refractivity contribution in [2.45, 2.75) is 380 Å². The van der Waals surface area contributed by atoms with E-state index in [2.05, 4.69) is 45.1 Å². The maximum absolute atomic E-state index is 12.9. The molecule has 6 nitrogen and oxygen atoms in total. The van der Waals surface area contributed by atoms with Crippen LogP contribution in [0.5, 0.6) is 0 Å². The van der Waals surface area contributed by atoms with Gasteiger partial charge in [-0.3, -0.25) is 14.4 Å². The third-order valence-corrected chi connectivity index (χ3v) is 15.2. The molecule has 1 atom stereocenters. The molecule has 0 saturated heterocycles. The molecule has 0 amide bonds. The highest BCUT2D eigenvalue weighted by molar-refractivity contribution is 5.71. The first kappa shape index (κ1) is 71.9. The van der Waals surface area contributed by atoms with E-state index in [4.69, 9.17) is 14.2 Å². The fraction of sp³-hybridized carbons (Fsp3) is 0.897. The molecule has 0 bridgehead atoms. The number of ether oxygens (including phenoxy) is 3. The van der Waals surface area contributed by atoms with Crippen LogP contribution < -0.4 is 0 Å². The van der Waals surface area contributed by atoms with Gasteiger partial charge in [-0.25, -0.2) is 0 Å². The Morgan fingerprint density at radius 2 is 0.486 bits per heavy atom. The van der Waals surface area contributed by atoms with Crippen LogP contribution in [-0.2, 0) is 28.6 Å². The van der Waals surface area contributed by atoms with Crippen LogP contribution in [0.15, 0.2) is 24.3 Å². The zero-order chi connectivity index (χ0) is 53.6. The first-order valence-electron chi connectivity index (χ1n) is 33.3. The smallest absolute Gasteiger partial charge is 0.306 e. The summed E-state index contributed by atoms with van der Waals surface area (Å²) in [7, 11) is 0. The summed E-state index contributed by atoms with van der Waals surface area (Å²) < 4.78 is 17.0. The molecule has 0 aliphatic heterocycles. The summed E-state index contributed by atoms with van der Waals surface area (Å²) >= 11 is 0. The molecule has 0 heterocycles. The van der Waals surface area contributed by atoms with Crippen LogP contribution in [0.1, 0.15) is 374 Å². The third-order valence-electron chi connectivity index (χ3n) is 15.2. The summed E-state index contributed by atoms with van der Waals surface area (Å²) in [5, 5.41) is 0. The van der Waals surface area contributed by atoms with Gasteiger partial charge in [0.2, 0.25) is 0 Å². The second-order valence-corrected chi connectivity index (χ2v) is 22.7. The predicted molar refractivity (Wildman–Crippen MR) is 321 cm³/mol. The maximum atomic E-state index is 12.9. The number of allylic oxidation sites excluding steroid dienone is 4. The summed E-state index contributed by atoms with van der Waals surface area (Å²) in [5.74, 6) is -0.845. The van der Waals surface area contributed by atoms with Gasteiger partial charge < -0.3 is 14.2 Å². The molecule has 1 unspecified atom stereocenters. The normalized spacial score (nSPS) is 12.1. The lowest BCUT2D eigenvalue weighted by Gasteiger charge is -2.18.